The Bertz CT molecular complexity index is 407. The lowest BCUT2D eigenvalue weighted by Gasteiger charge is -2.21. The SMILES string of the molecule is O=C(C=Cc1ccc(Cl)s1)NC1CCCCC1. The fourth-order valence-corrected chi connectivity index (χ4v) is 3.04. The molecule has 1 saturated carbocycles. The van der Waals surface area contributed by atoms with Gasteiger partial charge >= 0.3 is 0 Å². The van der Waals surface area contributed by atoms with Gasteiger partial charge in [0.15, 0.2) is 0 Å². The molecule has 0 aliphatic heterocycles. The van der Waals surface area contributed by atoms with E-state index in [1.807, 2.05) is 18.2 Å². The molecule has 92 valence electrons. The van der Waals surface area contributed by atoms with Gasteiger partial charge in [-0.05, 0) is 31.1 Å². The van der Waals surface area contributed by atoms with Crippen molar-refractivity contribution in [1.29, 1.82) is 0 Å². The lowest BCUT2D eigenvalue weighted by molar-refractivity contribution is -0.117. The molecule has 1 N–H and O–H groups in total. The number of hydrogen-bond donors (Lipinski definition) is 1. The normalized spacial score (nSPS) is 17.5. The zero-order chi connectivity index (χ0) is 12.1. The molecule has 1 fully saturated rings. The predicted octanol–water partition coefficient (Wildman–Crippen LogP) is 3.86. The van der Waals surface area contributed by atoms with E-state index >= 15 is 0 Å². The average Bonchev–Trinajstić information content (AvgIpc) is 2.74. The van der Waals surface area contributed by atoms with Gasteiger partial charge in [-0.1, -0.05) is 30.9 Å². The maximum absolute atomic E-state index is 11.7. The first-order valence-electron chi connectivity index (χ1n) is 5.98. The molecule has 0 spiro atoms. The van der Waals surface area contributed by atoms with Gasteiger partial charge in [0.2, 0.25) is 5.91 Å². The van der Waals surface area contributed by atoms with E-state index in [0.717, 1.165) is 22.1 Å². The van der Waals surface area contributed by atoms with Crippen molar-refractivity contribution in [3.8, 4) is 0 Å². The maximum atomic E-state index is 11.7. The first-order chi connectivity index (χ1) is 8.24. The molecule has 0 aromatic carbocycles. The van der Waals surface area contributed by atoms with Gasteiger partial charge in [0.25, 0.3) is 0 Å². The van der Waals surface area contributed by atoms with Crippen molar-refractivity contribution < 1.29 is 4.79 Å². The van der Waals surface area contributed by atoms with E-state index in [1.54, 1.807) is 6.08 Å². The van der Waals surface area contributed by atoms with Crippen molar-refractivity contribution in [2.24, 2.45) is 0 Å². The molecular formula is C13H16ClNOS. The third-order valence-electron chi connectivity index (χ3n) is 2.94. The molecule has 1 heterocycles. The molecular weight excluding hydrogens is 254 g/mol. The second-order valence-electron chi connectivity index (χ2n) is 4.32. The van der Waals surface area contributed by atoms with Crippen molar-refractivity contribution in [2.75, 3.05) is 0 Å². The van der Waals surface area contributed by atoms with Crippen LogP contribution in [0.15, 0.2) is 18.2 Å². The minimum Gasteiger partial charge on any atom is -0.350 e. The molecule has 0 radical (unpaired) electrons. The fraction of sp³-hybridized carbons (Fsp3) is 0.462. The van der Waals surface area contributed by atoms with Crippen LogP contribution in [0.25, 0.3) is 6.08 Å². The summed E-state index contributed by atoms with van der Waals surface area (Å²) in [6, 6.07) is 4.12. The van der Waals surface area contributed by atoms with Gasteiger partial charge in [-0.25, -0.2) is 0 Å². The number of hydrogen-bond acceptors (Lipinski definition) is 2. The highest BCUT2D eigenvalue weighted by Gasteiger charge is 2.13. The number of carbonyl (C=O) groups is 1. The summed E-state index contributed by atoms with van der Waals surface area (Å²) in [5, 5.41) is 3.04. The molecule has 1 aromatic rings. The molecule has 2 nitrogen and oxygen atoms in total. The first-order valence-corrected chi connectivity index (χ1v) is 7.17. The molecule has 4 heteroatoms. The van der Waals surface area contributed by atoms with E-state index in [0.29, 0.717) is 6.04 Å². The van der Waals surface area contributed by atoms with Gasteiger partial charge < -0.3 is 5.32 Å². The van der Waals surface area contributed by atoms with E-state index in [2.05, 4.69) is 5.32 Å². The number of thiophene rings is 1. The second kappa shape index (κ2) is 6.22. The Morgan fingerprint density at radius 1 is 1.35 bits per heavy atom. The Hall–Kier alpha value is -0.800. The zero-order valence-electron chi connectivity index (χ0n) is 9.62. The Morgan fingerprint density at radius 2 is 2.12 bits per heavy atom. The van der Waals surface area contributed by atoms with E-state index < -0.39 is 0 Å². The molecule has 2 rings (SSSR count). The molecule has 1 amide bonds. The van der Waals surface area contributed by atoms with Crippen molar-refractivity contribution >= 4 is 34.9 Å². The van der Waals surface area contributed by atoms with Gasteiger partial charge in [-0.2, -0.15) is 0 Å². The standard InChI is InChI=1S/C13H16ClNOS/c14-12-8-6-11(17-12)7-9-13(16)15-10-4-2-1-3-5-10/h6-10H,1-5H2,(H,15,16). The van der Waals surface area contributed by atoms with Crippen LogP contribution in [0.1, 0.15) is 37.0 Å². The third kappa shape index (κ3) is 4.17. The van der Waals surface area contributed by atoms with Crippen molar-refractivity contribution in [3.63, 3.8) is 0 Å². The first kappa shape index (κ1) is 12.7. The number of rotatable bonds is 3. The highest BCUT2D eigenvalue weighted by molar-refractivity contribution is 7.17. The summed E-state index contributed by atoms with van der Waals surface area (Å²) in [6.45, 7) is 0. The van der Waals surface area contributed by atoms with Crippen LogP contribution in [0, 0.1) is 0 Å². The van der Waals surface area contributed by atoms with Crippen LogP contribution in [-0.2, 0) is 4.79 Å². The predicted molar refractivity (Wildman–Crippen MR) is 73.4 cm³/mol. The Morgan fingerprint density at radius 3 is 2.76 bits per heavy atom. The minimum absolute atomic E-state index is 0.00132. The van der Waals surface area contributed by atoms with Crippen LogP contribution in [0.4, 0.5) is 0 Å². The Kier molecular flexibility index (Phi) is 4.63. The van der Waals surface area contributed by atoms with E-state index in [4.69, 9.17) is 11.6 Å². The van der Waals surface area contributed by atoms with E-state index in [9.17, 15) is 4.79 Å². The maximum Gasteiger partial charge on any atom is 0.244 e. The highest BCUT2D eigenvalue weighted by atomic mass is 35.5. The van der Waals surface area contributed by atoms with Gasteiger partial charge in [-0.15, -0.1) is 11.3 Å². The summed E-state index contributed by atoms with van der Waals surface area (Å²) >= 11 is 7.29. The van der Waals surface area contributed by atoms with Crippen LogP contribution in [0.5, 0.6) is 0 Å². The molecule has 0 bridgehead atoms. The number of carbonyl (C=O) groups excluding carboxylic acids is 1. The topological polar surface area (TPSA) is 29.1 Å². The monoisotopic (exact) mass is 269 g/mol. The minimum atomic E-state index is 0.00132. The Balaban J connectivity index is 1.82. The van der Waals surface area contributed by atoms with Gasteiger partial charge in [0.05, 0.1) is 4.34 Å². The molecule has 1 aromatic heterocycles. The number of amides is 1. The van der Waals surface area contributed by atoms with Crippen LogP contribution in [0.3, 0.4) is 0 Å². The summed E-state index contributed by atoms with van der Waals surface area (Å²) in [7, 11) is 0. The van der Waals surface area contributed by atoms with E-state index in [-0.39, 0.29) is 5.91 Å². The van der Waals surface area contributed by atoms with Crippen LogP contribution in [0.2, 0.25) is 4.34 Å². The molecule has 0 atom stereocenters. The van der Waals surface area contributed by atoms with Crippen molar-refractivity contribution in [1.82, 2.24) is 5.32 Å². The smallest absolute Gasteiger partial charge is 0.244 e. The lowest BCUT2D eigenvalue weighted by Crippen LogP contribution is -2.34. The quantitative estimate of drug-likeness (QED) is 0.830. The lowest BCUT2D eigenvalue weighted by atomic mass is 9.95. The van der Waals surface area contributed by atoms with Crippen molar-refractivity contribution in [2.45, 2.75) is 38.1 Å². The molecule has 17 heavy (non-hydrogen) atoms. The van der Waals surface area contributed by atoms with E-state index in [1.165, 1.54) is 30.6 Å². The molecule has 0 saturated heterocycles. The molecule has 1 aliphatic carbocycles. The van der Waals surface area contributed by atoms with Crippen LogP contribution in [-0.4, -0.2) is 11.9 Å². The van der Waals surface area contributed by atoms with Crippen LogP contribution >= 0.6 is 22.9 Å². The number of halogens is 1. The fourth-order valence-electron chi connectivity index (χ4n) is 2.07. The highest BCUT2D eigenvalue weighted by Crippen LogP contribution is 2.22. The third-order valence-corrected chi connectivity index (χ3v) is 4.14. The van der Waals surface area contributed by atoms with Gasteiger partial charge in [0, 0.05) is 17.0 Å². The summed E-state index contributed by atoms with van der Waals surface area (Å²) in [6.07, 6.45) is 9.40. The average molecular weight is 270 g/mol. The number of nitrogens with one attached hydrogen (secondary N) is 1. The largest absolute Gasteiger partial charge is 0.350 e. The second-order valence-corrected chi connectivity index (χ2v) is 6.07. The Labute approximate surface area is 111 Å². The zero-order valence-corrected chi connectivity index (χ0v) is 11.2. The molecule has 1 aliphatic rings. The summed E-state index contributed by atoms with van der Waals surface area (Å²) in [4.78, 5) is 12.7. The summed E-state index contributed by atoms with van der Waals surface area (Å²) < 4.78 is 0.748. The summed E-state index contributed by atoms with van der Waals surface area (Å²) in [5.74, 6) is 0.00132. The van der Waals surface area contributed by atoms with Gasteiger partial charge in [0.1, 0.15) is 0 Å². The van der Waals surface area contributed by atoms with Gasteiger partial charge in [-0.3, -0.25) is 4.79 Å². The van der Waals surface area contributed by atoms with Crippen molar-refractivity contribution in [3.05, 3.63) is 27.4 Å². The van der Waals surface area contributed by atoms with Crippen LogP contribution < -0.4 is 5.32 Å². The summed E-state index contributed by atoms with van der Waals surface area (Å²) in [5.41, 5.74) is 0. The molecule has 0 unspecified atom stereocenters.